The second kappa shape index (κ2) is 7.69. The Kier molecular flexibility index (Phi) is 5.61. The zero-order valence-corrected chi connectivity index (χ0v) is 14.9. The number of halogens is 6. The lowest BCUT2D eigenvalue weighted by molar-refractivity contribution is -0.143. The Bertz CT molecular complexity index is 922. The monoisotopic (exact) mass is 421 g/mol. The summed E-state index contributed by atoms with van der Waals surface area (Å²) >= 11 is 0. The zero-order valence-electron chi connectivity index (χ0n) is 14.9. The normalized spacial score (nSPS) is 17.7. The van der Waals surface area contributed by atoms with Gasteiger partial charge in [0.2, 0.25) is 0 Å². The van der Waals surface area contributed by atoms with Crippen molar-refractivity contribution in [2.75, 3.05) is 23.7 Å². The highest BCUT2D eigenvalue weighted by atomic mass is 19.4. The SMILES string of the molecule is O=c1c(NCc2cc(C(F)(F)F)cc(C(F)(F)F)c2)c(NC[C@@H]2CCCN2)c1=O. The van der Waals surface area contributed by atoms with Crippen molar-refractivity contribution < 1.29 is 26.3 Å². The molecule has 1 aliphatic heterocycles. The highest BCUT2D eigenvalue weighted by Crippen LogP contribution is 2.36. The average molecular weight is 421 g/mol. The van der Waals surface area contributed by atoms with E-state index in [1.54, 1.807) is 0 Å². The number of anilines is 2. The van der Waals surface area contributed by atoms with Gasteiger partial charge < -0.3 is 16.0 Å². The third kappa shape index (κ3) is 4.72. The maximum Gasteiger partial charge on any atom is 0.416 e. The van der Waals surface area contributed by atoms with E-state index >= 15 is 0 Å². The Balaban J connectivity index is 1.77. The molecule has 0 aromatic heterocycles. The Morgan fingerprint density at radius 2 is 1.45 bits per heavy atom. The van der Waals surface area contributed by atoms with Crippen LogP contribution in [0, 0.1) is 0 Å². The van der Waals surface area contributed by atoms with E-state index in [2.05, 4.69) is 16.0 Å². The fraction of sp³-hybridized carbons (Fsp3) is 0.444. The van der Waals surface area contributed by atoms with Gasteiger partial charge in [0.15, 0.2) is 0 Å². The van der Waals surface area contributed by atoms with Crippen molar-refractivity contribution in [2.45, 2.75) is 37.8 Å². The van der Waals surface area contributed by atoms with Gasteiger partial charge in [-0.05, 0) is 43.1 Å². The number of hydrogen-bond acceptors (Lipinski definition) is 5. The van der Waals surface area contributed by atoms with Gasteiger partial charge in [0, 0.05) is 19.1 Å². The minimum Gasteiger partial charge on any atom is -0.378 e. The third-order valence-electron chi connectivity index (χ3n) is 4.71. The van der Waals surface area contributed by atoms with Crippen LogP contribution in [-0.2, 0) is 18.9 Å². The first-order chi connectivity index (χ1) is 13.5. The molecule has 1 heterocycles. The van der Waals surface area contributed by atoms with E-state index in [4.69, 9.17) is 0 Å². The summed E-state index contributed by atoms with van der Waals surface area (Å²) in [4.78, 5) is 23.5. The van der Waals surface area contributed by atoms with Gasteiger partial charge in [-0.1, -0.05) is 0 Å². The summed E-state index contributed by atoms with van der Waals surface area (Å²) in [5.74, 6) is 0. The standard InChI is InChI=1S/C18H17F6N3O2/c19-17(20,21)10-4-9(5-11(6-10)18(22,23)24)7-26-13-14(16(29)15(13)28)27-8-12-2-1-3-25-12/h4-6,12,25-27H,1-3,7-8H2/t12-/m0/s1. The first kappa shape index (κ1) is 21.2. The molecular weight excluding hydrogens is 404 g/mol. The van der Waals surface area contributed by atoms with Crippen LogP contribution < -0.4 is 26.8 Å². The molecule has 0 unspecified atom stereocenters. The molecule has 0 bridgehead atoms. The summed E-state index contributed by atoms with van der Waals surface area (Å²) in [5.41, 5.74) is -4.99. The van der Waals surface area contributed by atoms with E-state index in [1.165, 1.54) is 0 Å². The third-order valence-corrected chi connectivity index (χ3v) is 4.71. The summed E-state index contributed by atoms with van der Waals surface area (Å²) in [6.07, 6.45) is -8.06. The predicted octanol–water partition coefficient (Wildman–Crippen LogP) is 3.10. The first-order valence-corrected chi connectivity index (χ1v) is 8.79. The highest BCUT2D eigenvalue weighted by molar-refractivity contribution is 5.74. The number of nitrogens with one attached hydrogen (secondary N) is 3. The van der Waals surface area contributed by atoms with E-state index in [9.17, 15) is 35.9 Å². The topological polar surface area (TPSA) is 70.2 Å². The van der Waals surface area contributed by atoms with Crippen LogP contribution in [0.1, 0.15) is 29.5 Å². The van der Waals surface area contributed by atoms with Crippen molar-refractivity contribution in [1.82, 2.24) is 5.32 Å². The molecule has 0 spiro atoms. The number of benzene rings is 1. The van der Waals surface area contributed by atoms with Gasteiger partial charge in [-0.25, -0.2) is 0 Å². The second-order valence-electron chi connectivity index (χ2n) is 6.85. The predicted molar refractivity (Wildman–Crippen MR) is 94.6 cm³/mol. The van der Waals surface area contributed by atoms with Crippen LogP contribution in [0.3, 0.4) is 0 Å². The lowest BCUT2D eigenvalue weighted by Crippen LogP contribution is -2.40. The smallest absolute Gasteiger partial charge is 0.378 e. The molecule has 0 saturated carbocycles. The van der Waals surface area contributed by atoms with Crippen LogP contribution in [0.15, 0.2) is 27.8 Å². The second-order valence-corrected chi connectivity index (χ2v) is 6.85. The van der Waals surface area contributed by atoms with Gasteiger partial charge in [0.05, 0.1) is 11.1 Å². The molecule has 1 fully saturated rings. The molecule has 2 aromatic rings. The van der Waals surface area contributed by atoms with Gasteiger partial charge in [0.1, 0.15) is 11.4 Å². The number of alkyl halides is 6. The number of rotatable bonds is 6. The fourth-order valence-corrected chi connectivity index (χ4v) is 3.20. The van der Waals surface area contributed by atoms with Gasteiger partial charge >= 0.3 is 12.4 Å². The molecule has 3 N–H and O–H groups in total. The fourth-order valence-electron chi connectivity index (χ4n) is 3.20. The lowest BCUT2D eigenvalue weighted by atomic mass is 10.0. The van der Waals surface area contributed by atoms with Crippen LogP contribution in [0.5, 0.6) is 0 Å². The van der Waals surface area contributed by atoms with E-state index in [1.807, 2.05) is 0 Å². The molecule has 1 atom stereocenters. The minimum absolute atomic E-state index is 0.00767. The molecule has 5 nitrogen and oxygen atoms in total. The quantitative estimate of drug-likeness (QED) is 0.494. The van der Waals surface area contributed by atoms with Crippen LogP contribution in [0.25, 0.3) is 0 Å². The maximum atomic E-state index is 12.9. The summed E-state index contributed by atoms with van der Waals surface area (Å²) < 4.78 is 77.5. The summed E-state index contributed by atoms with van der Waals surface area (Å²) in [5, 5.41) is 8.50. The van der Waals surface area contributed by atoms with Crippen LogP contribution in [0.2, 0.25) is 0 Å². The van der Waals surface area contributed by atoms with Crippen molar-refractivity contribution in [2.24, 2.45) is 0 Å². The molecule has 3 rings (SSSR count). The van der Waals surface area contributed by atoms with E-state index in [-0.39, 0.29) is 29.0 Å². The molecular formula is C18H17F6N3O2. The molecule has 0 amide bonds. The molecule has 11 heteroatoms. The van der Waals surface area contributed by atoms with Gasteiger partial charge in [-0.2, -0.15) is 26.3 Å². The Hall–Kier alpha value is -2.56. The van der Waals surface area contributed by atoms with Crippen LogP contribution in [-0.4, -0.2) is 19.1 Å². The highest BCUT2D eigenvalue weighted by Gasteiger charge is 2.37. The van der Waals surface area contributed by atoms with E-state index in [0.29, 0.717) is 18.7 Å². The maximum absolute atomic E-state index is 12.9. The minimum atomic E-state index is -4.96. The van der Waals surface area contributed by atoms with Crippen LogP contribution in [0.4, 0.5) is 37.7 Å². The lowest BCUT2D eigenvalue weighted by Gasteiger charge is -2.18. The van der Waals surface area contributed by atoms with E-state index < -0.39 is 40.9 Å². The largest absolute Gasteiger partial charge is 0.416 e. The first-order valence-electron chi connectivity index (χ1n) is 8.79. The average Bonchev–Trinajstić information content (AvgIpc) is 3.15. The van der Waals surface area contributed by atoms with E-state index in [0.717, 1.165) is 19.4 Å². The van der Waals surface area contributed by atoms with Gasteiger partial charge in [-0.3, -0.25) is 9.59 Å². The van der Waals surface area contributed by atoms with Crippen molar-refractivity contribution in [3.05, 3.63) is 55.3 Å². The number of hydrogen-bond donors (Lipinski definition) is 3. The Morgan fingerprint density at radius 3 is 1.93 bits per heavy atom. The Morgan fingerprint density at radius 1 is 0.897 bits per heavy atom. The van der Waals surface area contributed by atoms with Gasteiger partial charge in [0.25, 0.3) is 10.9 Å². The molecule has 2 aromatic carbocycles. The summed E-state index contributed by atoms with van der Waals surface area (Å²) in [7, 11) is 0. The summed E-state index contributed by atoms with van der Waals surface area (Å²) in [6, 6.07) is 1.29. The molecule has 29 heavy (non-hydrogen) atoms. The zero-order chi connectivity index (χ0) is 21.4. The molecule has 1 saturated heterocycles. The Labute approximate surface area is 160 Å². The van der Waals surface area contributed by atoms with Crippen molar-refractivity contribution in [3.8, 4) is 0 Å². The molecule has 1 aliphatic rings. The van der Waals surface area contributed by atoms with Crippen LogP contribution >= 0.6 is 0 Å². The summed E-state index contributed by atoms with van der Waals surface area (Å²) in [6.45, 7) is 0.732. The molecule has 158 valence electrons. The molecule has 0 aliphatic carbocycles. The molecule has 0 radical (unpaired) electrons. The van der Waals surface area contributed by atoms with Crippen molar-refractivity contribution in [1.29, 1.82) is 0 Å². The van der Waals surface area contributed by atoms with Crippen molar-refractivity contribution in [3.63, 3.8) is 0 Å². The van der Waals surface area contributed by atoms with Crippen molar-refractivity contribution >= 4 is 11.4 Å². The van der Waals surface area contributed by atoms with Gasteiger partial charge in [-0.15, -0.1) is 0 Å².